The summed E-state index contributed by atoms with van der Waals surface area (Å²) in [6, 6.07) is 6.58. The summed E-state index contributed by atoms with van der Waals surface area (Å²) in [4.78, 5) is 12.7. The summed E-state index contributed by atoms with van der Waals surface area (Å²) >= 11 is 0. The second-order valence-corrected chi connectivity index (χ2v) is 6.86. The average molecular weight is 313 g/mol. The van der Waals surface area contributed by atoms with Gasteiger partial charge in [0.25, 0.3) is 5.91 Å². The van der Waals surface area contributed by atoms with Crippen LogP contribution >= 0.6 is 0 Å². The molecule has 0 radical (unpaired) electrons. The van der Waals surface area contributed by atoms with Crippen molar-refractivity contribution in [3.8, 4) is 5.69 Å². The zero-order valence-electron chi connectivity index (χ0n) is 13.2. The zero-order valence-corrected chi connectivity index (χ0v) is 13.2. The highest BCUT2D eigenvalue weighted by Gasteiger charge is 2.36. The van der Waals surface area contributed by atoms with Crippen LogP contribution in [-0.4, -0.2) is 21.2 Å². The molecule has 5 heteroatoms. The van der Waals surface area contributed by atoms with Gasteiger partial charge in [0.2, 0.25) is 0 Å². The maximum Gasteiger partial charge on any atom is 0.272 e. The van der Waals surface area contributed by atoms with E-state index in [9.17, 15) is 9.18 Å². The number of carbonyl (C=O) groups is 1. The molecule has 0 unspecified atom stereocenters. The van der Waals surface area contributed by atoms with E-state index in [4.69, 9.17) is 0 Å². The van der Waals surface area contributed by atoms with E-state index in [1.165, 1.54) is 6.07 Å². The van der Waals surface area contributed by atoms with Crippen LogP contribution in [0, 0.1) is 5.82 Å². The van der Waals surface area contributed by atoms with Crippen LogP contribution in [0.25, 0.3) is 5.69 Å². The number of hydrogen-bond donors (Lipinski definition) is 1. The summed E-state index contributed by atoms with van der Waals surface area (Å²) in [7, 11) is 0. The van der Waals surface area contributed by atoms with Crippen LogP contribution in [-0.2, 0) is 12.8 Å². The Hall–Kier alpha value is -2.17. The Balaban J connectivity index is 1.73. The van der Waals surface area contributed by atoms with Gasteiger partial charge in [-0.15, -0.1) is 0 Å². The summed E-state index contributed by atoms with van der Waals surface area (Å²) < 4.78 is 15.7. The van der Waals surface area contributed by atoms with Crippen molar-refractivity contribution in [2.45, 2.75) is 51.0 Å². The first-order valence-electron chi connectivity index (χ1n) is 8.26. The number of hydrogen-bond acceptors (Lipinski definition) is 2. The predicted molar refractivity (Wildman–Crippen MR) is 85.3 cm³/mol. The number of nitrogens with one attached hydrogen (secondary N) is 1. The molecule has 0 aliphatic heterocycles. The number of rotatable bonds is 3. The lowest BCUT2D eigenvalue weighted by Gasteiger charge is -2.38. The van der Waals surface area contributed by atoms with Crippen molar-refractivity contribution < 1.29 is 9.18 Å². The fraction of sp³-hybridized carbons (Fsp3) is 0.444. The Labute approximate surface area is 134 Å². The maximum atomic E-state index is 14.1. The molecule has 2 aromatic rings. The van der Waals surface area contributed by atoms with E-state index in [1.54, 1.807) is 22.9 Å². The number of halogens is 1. The highest BCUT2D eigenvalue weighted by atomic mass is 19.1. The second-order valence-electron chi connectivity index (χ2n) is 6.86. The van der Waals surface area contributed by atoms with E-state index < -0.39 is 0 Å². The quantitative estimate of drug-likeness (QED) is 0.946. The first-order chi connectivity index (χ1) is 11.1. The largest absolute Gasteiger partial charge is 0.345 e. The monoisotopic (exact) mass is 313 g/mol. The first-order valence-corrected chi connectivity index (χ1v) is 8.26. The SMILES string of the molecule is CC1(NC(=O)c2nn(-c3ccccc3F)c3c2CCC3)CCC1. The number of nitrogens with zero attached hydrogens (tertiary/aromatic N) is 2. The topological polar surface area (TPSA) is 46.9 Å². The minimum atomic E-state index is -0.317. The average Bonchev–Trinajstić information content (AvgIpc) is 3.08. The van der Waals surface area contributed by atoms with E-state index in [-0.39, 0.29) is 17.3 Å². The fourth-order valence-corrected chi connectivity index (χ4v) is 3.61. The highest BCUT2D eigenvalue weighted by molar-refractivity contribution is 5.94. The Morgan fingerprint density at radius 3 is 2.74 bits per heavy atom. The molecule has 1 heterocycles. The lowest BCUT2D eigenvalue weighted by Crippen LogP contribution is -2.51. The Morgan fingerprint density at radius 1 is 1.26 bits per heavy atom. The van der Waals surface area contributed by atoms with Gasteiger partial charge < -0.3 is 5.32 Å². The van der Waals surface area contributed by atoms with E-state index in [0.717, 1.165) is 49.8 Å². The van der Waals surface area contributed by atoms with Crippen LogP contribution < -0.4 is 5.32 Å². The van der Waals surface area contributed by atoms with Crippen molar-refractivity contribution in [3.63, 3.8) is 0 Å². The number of fused-ring (bicyclic) bond motifs is 1. The third kappa shape index (κ3) is 2.35. The van der Waals surface area contributed by atoms with Crippen molar-refractivity contribution in [1.82, 2.24) is 15.1 Å². The fourth-order valence-electron chi connectivity index (χ4n) is 3.61. The molecule has 1 aromatic heterocycles. The Morgan fingerprint density at radius 2 is 2.04 bits per heavy atom. The third-order valence-electron chi connectivity index (χ3n) is 5.10. The molecule has 2 aliphatic carbocycles. The second kappa shape index (κ2) is 5.18. The summed E-state index contributed by atoms with van der Waals surface area (Å²) in [6.45, 7) is 2.07. The van der Waals surface area contributed by atoms with Crippen molar-refractivity contribution in [2.75, 3.05) is 0 Å². The molecule has 0 atom stereocenters. The van der Waals surface area contributed by atoms with Crippen molar-refractivity contribution in [2.24, 2.45) is 0 Å². The molecule has 1 aromatic carbocycles. The van der Waals surface area contributed by atoms with Crippen LogP contribution in [0.5, 0.6) is 0 Å². The minimum absolute atomic E-state index is 0.107. The van der Waals surface area contributed by atoms with E-state index in [2.05, 4.69) is 17.3 Å². The standard InChI is InChI=1S/C18H20FN3O/c1-18(10-5-11-18)20-17(23)16-12-6-4-9-14(12)22(21-16)15-8-3-2-7-13(15)19/h2-3,7-8H,4-6,9-11H2,1H3,(H,20,23). The summed E-state index contributed by atoms with van der Waals surface area (Å²) in [6.07, 6.45) is 5.83. The lowest BCUT2D eigenvalue weighted by molar-refractivity contribution is 0.0844. The maximum absolute atomic E-state index is 14.1. The molecule has 2 aliphatic rings. The number of aromatic nitrogens is 2. The summed E-state index contributed by atoms with van der Waals surface area (Å²) in [5.74, 6) is -0.442. The van der Waals surface area contributed by atoms with Crippen LogP contribution in [0.2, 0.25) is 0 Å². The van der Waals surface area contributed by atoms with Gasteiger partial charge >= 0.3 is 0 Å². The van der Waals surface area contributed by atoms with Crippen molar-refractivity contribution in [1.29, 1.82) is 0 Å². The number of para-hydroxylation sites is 1. The van der Waals surface area contributed by atoms with Gasteiger partial charge in [0.05, 0.1) is 0 Å². The number of benzene rings is 1. The van der Waals surface area contributed by atoms with Crippen molar-refractivity contribution in [3.05, 3.63) is 47.0 Å². The Bertz CT molecular complexity index is 777. The molecule has 120 valence electrons. The number of carbonyl (C=O) groups excluding carboxylic acids is 1. The predicted octanol–water partition coefficient (Wildman–Crippen LogP) is 3.17. The molecule has 4 nitrogen and oxygen atoms in total. The molecule has 1 N–H and O–H groups in total. The van der Waals surface area contributed by atoms with Crippen LogP contribution in [0.15, 0.2) is 24.3 Å². The zero-order chi connectivity index (χ0) is 16.0. The molecular weight excluding hydrogens is 293 g/mol. The van der Waals surface area contributed by atoms with E-state index in [1.807, 2.05) is 0 Å². The molecule has 1 amide bonds. The van der Waals surface area contributed by atoms with E-state index in [0.29, 0.717) is 11.4 Å². The van der Waals surface area contributed by atoms with Gasteiger partial charge in [-0.3, -0.25) is 4.79 Å². The van der Waals surface area contributed by atoms with Gasteiger partial charge in [-0.1, -0.05) is 12.1 Å². The molecule has 0 spiro atoms. The van der Waals surface area contributed by atoms with Crippen LogP contribution in [0.4, 0.5) is 4.39 Å². The van der Waals surface area contributed by atoms with Crippen LogP contribution in [0.3, 0.4) is 0 Å². The lowest BCUT2D eigenvalue weighted by atomic mass is 9.78. The molecule has 0 bridgehead atoms. The van der Waals surface area contributed by atoms with E-state index >= 15 is 0 Å². The minimum Gasteiger partial charge on any atom is -0.345 e. The molecule has 23 heavy (non-hydrogen) atoms. The van der Waals surface area contributed by atoms with Gasteiger partial charge in [-0.25, -0.2) is 9.07 Å². The first kappa shape index (κ1) is 14.4. The van der Waals surface area contributed by atoms with Crippen molar-refractivity contribution >= 4 is 5.91 Å². The summed E-state index contributed by atoms with van der Waals surface area (Å²) in [5.41, 5.74) is 2.73. The number of amides is 1. The highest BCUT2D eigenvalue weighted by Crippen LogP contribution is 2.33. The van der Waals surface area contributed by atoms with Crippen LogP contribution in [0.1, 0.15) is 54.4 Å². The molecule has 0 saturated heterocycles. The molecule has 1 fully saturated rings. The Kier molecular flexibility index (Phi) is 3.25. The smallest absolute Gasteiger partial charge is 0.272 e. The van der Waals surface area contributed by atoms with Gasteiger partial charge in [-0.05, 0) is 57.6 Å². The molecular formula is C18H20FN3O. The van der Waals surface area contributed by atoms with Gasteiger partial charge in [-0.2, -0.15) is 5.10 Å². The van der Waals surface area contributed by atoms with Gasteiger partial charge in [0, 0.05) is 16.8 Å². The third-order valence-corrected chi connectivity index (χ3v) is 5.10. The van der Waals surface area contributed by atoms with Gasteiger partial charge in [0.1, 0.15) is 11.5 Å². The normalized spacial score (nSPS) is 18.3. The molecule has 1 saturated carbocycles. The molecule has 4 rings (SSSR count). The summed E-state index contributed by atoms with van der Waals surface area (Å²) in [5, 5.41) is 7.58. The van der Waals surface area contributed by atoms with Gasteiger partial charge in [0.15, 0.2) is 5.69 Å².